The summed E-state index contributed by atoms with van der Waals surface area (Å²) in [5, 5.41) is 73.0. The third-order valence-electron chi connectivity index (χ3n) is 11.2. The molecule has 0 saturated carbocycles. The van der Waals surface area contributed by atoms with E-state index in [4.69, 9.17) is 0 Å². The van der Waals surface area contributed by atoms with Gasteiger partial charge in [-0.05, 0) is 61.1 Å². The lowest BCUT2D eigenvalue weighted by Gasteiger charge is -2.31. The highest BCUT2D eigenvalue weighted by molar-refractivity contribution is 5.96. The van der Waals surface area contributed by atoms with Crippen LogP contribution in [0.2, 0.25) is 0 Å². The lowest BCUT2D eigenvalue weighted by atomic mass is 9.93. The van der Waals surface area contributed by atoms with E-state index in [2.05, 4.69) is 35.1 Å². The van der Waals surface area contributed by atoms with Crippen LogP contribution in [0.4, 0.5) is 5.69 Å². The fourth-order valence-electron chi connectivity index (χ4n) is 7.30. The average Bonchev–Trinajstić information content (AvgIpc) is 3.23. The van der Waals surface area contributed by atoms with Gasteiger partial charge in [0.05, 0.1) is 18.8 Å². The van der Waals surface area contributed by atoms with Crippen molar-refractivity contribution in [3.05, 3.63) is 41.5 Å². The molecule has 0 saturated heterocycles. The number of aliphatic hydroxyl groups is 1. The Hall–Kier alpha value is -5.99. The van der Waals surface area contributed by atoms with Crippen LogP contribution >= 0.6 is 0 Å². The maximum atomic E-state index is 13.9. The molecule has 0 radical (unpaired) electrons. The van der Waals surface area contributed by atoms with Crippen LogP contribution in [0.5, 0.6) is 11.5 Å². The molecule has 4 bridgehead atoms. The van der Waals surface area contributed by atoms with E-state index in [1.54, 1.807) is 0 Å². The number of nitrogens with one attached hydrogen (secondary N) is 4. The van der Waals surface area contributed by atoms with Gasteiger partial charge in [-0.2, -0.15) is 0 Å². The molecule has 1 heterocycles. The molecule has 0 fully saturated rings. The minimum absolute atomic E-state index is 0.00555. The molecule has 0 spiro atoms. The molecular formula is C44H64N7O13-. The Morgan fingerprint density at radius 2 is 1.47 bits per heavy atom. The summed E-state index contributed by atoms with van der Waals surface area (Å²) in [6.07, 6.45) is 9.32. The molecule has 2 aromatic rings. The Bertz CT molecular complexity index is 1980. The predicted octanol–water partition coefficient (Wildman–Crippen LogP) is 1.84. The van der Waals surface area contributed by atoms with Gasteiger partial charge in [-0.1, -0.05) is 83.1 Å². The number of carbonyl (C=O) groups excluding carboxylic acids is 6. The first kappa shape index (κ1) is 52.4. The Morgan fingerprint density at radius 1 is 0.844 bits per heavy atom. The second-order valence-electron chi connectivity index (χ2n) is 16.7. The summed E-state index contributed by atoms with van der Waals surface area (Å²) in [7, 11) is 2.59. The number of aromatic hydroxyl groups is 1. The van der Waals surface area contributed by atoms with Crippen LogP contribution in [0.15, 0.2) is 30.3 Å². The number of unbranched alkanes of at least 4 members (excludes halogenated alkanes) is 7. The molecule has 1 aliphatic rings. The number of hydrogen-bond donors (Lipinski definition) is 9. The number of aliphatic hydroxyl groups excluding tert-OH is 1. The van der Waals surface area contributed by atoms with Crippen LogP contribution in [-0.4, -0.2) is 128 Å². The van der Waals surface area contributed by atoms with Gasteiger partial charge in [-0.15, -0.1) is 5.23 Å². The number of aliphatic carboxylic acids is 1. The largest absolute Gasteiger partial charge is 0.871 e. The number of benzene rings is 2. The molecule has 9 N–H and O–H groups in total. The molecule has 20 heteroatoms. The summed E-state index contributed by atoms with van der Waals surface area (Å²) in [6.45, 7) is 5.60. The first-order chi connectivity index (χ1) is 30.2. The van der Waals surface area contributed by atoms with Crippen molar-refractivity contribution < 1.29 is 64.4 Å². The molecule has 354 valence electrons. The van der Waals surface area contributed by atoms with E-state index in [1.807, 2.05) is 0 Å². The van der Waals surface area contributed by atoms with Gasteiger partial charge in [0, 0.05) is 32.5 Å². The van der Waals surface area contributed by atoms with Crippen LogP contribution in [0, 0.1) is 5.92 Å². The number of phenolic OH excluding ortho intramolecular Hbond substituents is 1. The number of carboxylic acids is 1. The summed E-state index contributed by atoms with van der Waals surface area (Å²) < 4.78 is 0. The first-order valence-electron chi connectivity index (χ1n) is 21.6. The van der Waals surface area contributed by atoms with Crippen LogP contribution in [-0.2, 0) is 40.0 Å². The number of rotatable bonds is 21. The van der Waals surface area contributed by atoms with Crippen molar-refractivity contribution in [3.63, 3.8) is 0 Å². The van der Waals surface area contributed by atoms with Gasteiger partial charge in [-0.3, -0.25) is 39.2 Å². The number of hydrogen-bond acceptors (Lipinski definition) is 13. The van der Waals surface area contributed by atoms with E-state index in [0.717, 1.165) is 47.6 Å². The molecule has 0 unspecified atom stereocenters. The minimum atomic E-state index is -1.63. The zero-order valence-corrected chi connectivity index (χ0v) is 37.4. The lowest BCUT2D eigenvalue weighted by molar-refractivity contribution is -0.267. The Balaban J connectivity index is 1.72. The van der Waals surface area contributed by atoms with Crippen LogP contribution in [0.25, 0.3) is 11.1 Å². The highest BCUT2D eigenvalue weighted by Crippen LogP contribution is 2.42. The van der Waals surface area contributed by atoms with E-state index < -0.39 is 108 Å². The molecule has 0 aliphatic carbocycles. The second kappa shape index (κ2) is 24.7. The third-order valence-corrected chi connectivity index (χ3v) is 11.2. The van der Waals surface area contributed by atoms with Gasteiger partial charge < -0.3 is 51.5 Å². The van der Waals surface area contributed by atoms with Crippen molar-refractivity contribution in [1.82, 2.24) is 31.1 Å². The number of phenols is 1. The van der Waals surface area contributed by atoms with Crippen LogP contribution < -0.4 is 31.6 Å². The Morgan fingerprint density at radius 3 is 2.06 bits per heavy atom. The summed E-state index contributed by atoms with van der Waals surface area (Å²) in [5.41, 5.74) is -1.27. The second-order valence-corrected chi connectivity index (χ2v) is 16.7. The monoisotopic (exact) mass is 898 g/mol. The fourth-order valence-corrected chi connectivity index (χ4v) is 7.30. The van der Waals surface area contributed by atoms with Crippen LogP contribution in [0.3, 0.4) is 0 Å². The fraction of sp³-hybridized carbons (Fsp3) is 0.568. The number of carbonyl (C=O) groups is 7. The number of amides is 6. The molecule has 3 rings (SSSR count). The minimum Gasteiger partial charge on any atom is -0.871 e. The Kier molecular flexibility index (Phi) is 20.2. The smallest absolute Gasteiger partial charge is 0.326 e. The number of anilines is 1. The van der Waals surface area contributed by atoms with Gasteiger partial charge in [0.25, 0.3) is 0 Å². The lowest BCUT2D eigenvalue weighted by Crippen LogP contribution is -2.55. The zero-order valence-electron chi connectivity index (χ0n) is 37.4. The van der Waals surface area contributed by atoms with Crippen molar-refractivity contribution >= 4 is 47.1 Å². The number of fused-ring (bicyclic) bond motifs is 5. The first-order valence-corrected chi connectivity index (χ1v) is 21.6. The normalized spacial score (nSPS) is 17.2. The summed E-state index contributed by atoms with van der Waals surface area (Å²) in [5.74, 6) is -7.05. The van der Waals surface area contributed by atoms with Crippen LogP contribution in [0.1, 0.15) is 109 Å². The highest BCUT2D eigenvalue weighted by atomic mass is 16.8. The van der Waals surface area contributed by atoms with E-state index in [9.17, 15) is 64.4 Å². The number of likely N-dealkylation sites (N-methyl/N-ethyl adjacent to an activating group) is 2. The summed E-state index contributed by atoms with van der Waals surface area (Å²) in [4.78, 5) is 94.1. The predicted molar refractivity (Wildman–Crippen MR) is 231 cm³/mol. The average molecular weight is 899 g/mol. The number of carboxylic acid groups (broad SMARTS) is 1. The topological polar surface area (TPSA) is 302 Å². The van der Waals surface area contributed by atoms with Crippen molar-refractivity contribution in [3.8, 4) is 22.6 Å². The van der Waals surface area contributed by atoms with E-state index in [0.29, 0.717) is 12.3 Å². The maximum absolute atomic E-state index is 13.9. The summed E-state index contributed by atoms with van der Waals surface area (Å²) in [6, 6.07) is -1.42. The quantitative estimate of drug-likeness (QED) is 0.0639. The van der Waals surface area contributed by atoms with Gasteiger partial charge in [0.1, 0.15) is 36.0 Å². The third kappa shape index (κ3) is 14.8. The van der Waals surface area contributed by atoms with Gasteiger partial charge in [0.2, 0.25) is 35.4 Å². The molecular weight excluding hydrogens is 835 g/mol. The van der Waals surface area contributed by atoms with Crippen molar-refractivity contribution in [1.29, 1.82) is 0 Å². The van der Waals surface area contributed by atoms with Crippen molar-refractivity contribution in [2.45, 2.75) is 129 Å². The summed E-state index contributed by atoms with van der Waals surface area (Å²) >= 11 is 0. The maximum Gasteiger partial charge on any atom is 0.326 e. The Labute approximate surface area is 372 Å². The van der Waals surface area contributed by atoms with E-state index in [-0.39, 0.29) is 34.6 Å². The number of nitrogens with zero attached hydrogens (tertiary/aromatic N) is 3. The van der Waals surface area contributed by atoms with E-state index in [1.165, 1.54) is 71.8 Å². The van der Waals surface area contributed by atoms with Gasteiger partial charge in [0.15, 0.2) is 0 Å². The molecule has 5 atom stereocenters. The SMILES string of the molecule is CC(C)CCCCCCCCCCC(=O)N(C)[C@H](CO)C(=O)N[C@H](C)C(=O)NCC(=O)N(C)[C@@H]1C(=O)N[C@@H](C)C(=O)N[C@H](C(=O)O)Cc2cc(c([O-])c(N(O)O)c2)-c2cc1ccc2O. The molecule has 0 aromatic heterocycles. The van der Waals surface area contributed by atoms with Gasteiger partial charge >= 0.3 is 5.97 Å². The molecule has 64 heavy (non-hydrogen) atoms. The van der Waals surface area contributed by atoms with Gasteiger partial charge in [-0.25, -0.2) is 4.79 Å². The molecule has 6 amide bonds. The van der Waals surface area contributed by atoms with E-state index >= 15 is 0 Å². The molecule has 1 aliphatic heterocycles. The van der Waals surface area contributed by atoms with Crippen molar-refractivity contribution in [2.75, 3.05) is 32.5 Å². The highest BCUT2D eigenvalue weighted by Gasteiger charge is 2.34. The zero-order chi connectivity index (χ0) is 47.8. The standard InChI is InChI=1S/C44H65N7O13/c1-25(2)15-13-11-9-7-8-10-12-14-16-36(54)49(5)34(24-52)42(59)46-26(3)40(57)45-23-37(55)50(6)38-29-17-18-35(53)30(22-29)31-19-28(21-33(39(31)56)51(63)64)20-32(44(61)62)48-41(58)27(4)47-43(38)60/h17-19,21-22,25-27,32,34,38,52-53,56,63-64H,7-16,20,23-24H2,1-6H3,(H,45,57)(H,46,59)(H,47,60)(H,48,58)(H,61,62)/p-1/t26-,27+,32+,34-,38+/m1/s1. The molecule has 20 nitrogen and oxygen atoms in total. The van der Waals surface area contributed by atoms with Crippen molar-refractivity contribution in [2.24, 2.45) is 5.92 Å². The molecule has 2 aromatic carbocycles.